The summed E-state index contributed by atoms with van der Waals surface area (Å²) in [5.74, 6) is 0. The van der Waals surface area contributed by atoms with Crippen LogP contribution >= 0.6 is 0 Å². The highest BCUT2D eigenvalue weighted by Crippen LogP contribution is 2.24. The molecule has 16 heavy (non-hydrogen) atoms. The van der Waals surface area contributed by atoms with Crippen molar-refractivity contribution in [2.75, 3.05) is 0 Å². The summed E-state index contributed by atoms with van der Waals surface area (Å²) in [5, 5.41) is 0. The van der Waals surface area contributed by atoms with E-state index in [0.717, 1.165) is 17.5 Å². The second kappa shape index (κ2) is 4.31. The fourth-order valence-electron chi connectivity index (χ4n) is 1.76. The largest absolute Gasteiger partial charge is 0.328 e. The highest BCUT2D eigenvalue weighted by Gasteiger charge is 2.10. The Bertz CT molecular complexity index is 500. The minimum atomic E-state index is 0.331. The number of imidazole rings is 1. The summed E-state index contributed by atoms with van der Waals surface area (Å²) in [6.45, 7) is 4.18. The Kier molecular flexibility index (Phi) is 2.86. The lowest BCUT2D eigenvalue weighted by atomic mass is 10.1. The molecule has 3 heteroatoms. The van der Waals surface area contributed by atoms with Crippen LogP contribution in [0.2, 0.25) is 0 Å². The molecule has 0 saturated heterocycles. The van der Waals surface area contributed by atoms with E-state index in [1.165, 1.54) is 0 Å². The van der Waals surface area contributed by atoms with E-state index in [2.05, 4.69) is 23.4 Å². The van der Waals surface area contributed by atoms with Crippen LogP contribution in [0.4, 0.5) is 0 Å². The van der Waals surface area contributed by atoms with E-state index >= 15 is 0 Å². The van der Waals surface area contributed by atoms with Gasteiger partial charge in [-0.15, -0.1) is 0 Å². The zero-order valence-corrected chi connectivity index (χ0v) is 9.42. The Hall–Kier alpha value is -1.90. The lowest BCUT2D eigenvalue weighted by Gasteiger charge is -2.12. The number of nitrogens with zero attached hydrogens (tertiary/aromatic N) is 2. The molecule has 0 saturated carbocycles. The van der Waals surface area contributed by atoms with Crippen molar-refractivity contribution in [1.29, 1.82) is 0 Å². The maximum atomic E-state index is 11.0. The summed E-state index contributed by atoms with van der Waals surface area (Å²) in [6, 6.07) is 7.89. The molecule has 82 valence electrons. The molecule has 1 heterocycles. The average molecular weight is 214 g/mol. The van der Waals surface area contributed by atoms with Gasteiger partial charge < -0.3 is 4.57 Å². The molecule has 0 amide bonds. The van der Waals surface area contributed by atoms with E-state index in [4.69, 9.17) is 0 Å². The minimum Gasteiger partial charge on any atom is -0.328 e. The Morgan fingerprint density at radius 1 is 1.31 bits per heavy atom. The maximum Gasteiger partial charge on any atom is 0.150 e. The number of hydrogen-bond acceptors (Lipinski definition) is 2. The first-order valence-corrected chi connectivity index (χ1v) is 5.30. The molecule has 0 aliphatic heterocycles. The topological polar surface area (TPSA) is 34.9 Å². The van der Waals surface area contributed by atoms with Gasteiger partial charge in [-0.05, 0) is 13.8 Å². The molecule has 0 fully saturated rings. The van der Waals surface area contributed by atoms with Gasteiger partial charge in [0.25, 0.3) is 0 Å². The molecule has 0 aliphatic rings. The van der Waals surface area contributed by atoms with Crippen LogP contribution in [0.25, 0.3) is 11.3 Å². The number of carbonyl (C=O) groups excluding carboxylic acids is 1. The smallest absolute Gasteiger partial charge is 0.150 e. The van der Waals surface area contributed by atoms with Crippen LogP contribution in [-0.2, 0) is 0 Å². The number of carbonyl (C=O) groups is 1. The Balaban J connectivity index is 2.58. The van der Waals surface area contributed by atoms with Crippen molar-refractivity contribution in [2.24, 2.45) is 0 Å². The van der Waals surface area contributed by atoms with E-state index in [1.807, 2.05) is 24.3 Å². The highest BCUT2D eigenvalue weighted by molar-refractivity contribution is 5.86. The van der Waals surface area contributed by atoms with Gasteiger partial charge in [-0.3, -0.25) is 4.79 Å². The minimum absolute atomic E-state index is 0.331. The number of rotatable bonds is 3. The molecule has 2 aromatic rings. The molecule has 0 unspecified atom stereocenters. The summed E-state index contributed by atoms with van der Waals surface area (Å²) in [4.78, 5) is 15.1. The quantitative estimate of drug-likeness (QED) is 0.736. The van der Waals surface area contributed by atoms with Crippen LogP contribution in [0.3, 0.4) is 0 Å². The number of hydrogen-bond donors (Lipinski definition) is 0. The van der Waals surface area contributed by atoms with Crippen LogP contribution < -0.4 is 0 Å². The van der Waals surface area contributed by atoms with Crippen LogP contribution in [-0.4, -0.2) is 15.8 Å². The summed E-state index contributed by atoms with van der Waals surface area (Å²) in [6.07, 6.45) is 4.47. The Morgan fingerprint density at radius 2 is 2.06 bits per heavy atom. The van der Waals surface area contributed by atoms with E-state index in [9.17, 15) is 4.79 Å². The van der Waals surface area contributed by atoms with E-state index < -0.39 is 0 Å². The second-order valence-corrected chi connectivity index (χ2v) is 3.99. The zero-order chi connectivity index (χ0) is 11.5. The first-order valence-electron chi connectivity index (χ1n) is 5.30. The number of aldehydes is 1. The van der Waals surface area contributed by atoms with Gasteiger partial charge in [0.1, 0.15) is 0 Å². The van der Waals surface area contributed by atoms with Gasteiger partial charge in [-0.1, -0.05) is 24.3 Å². The molecule has 0 atom stereocenters. The Morgan fingerprint density at radius 3 is 2.75 bits per heavy atom. The molecule has 0 radical (unpaired) electrons. The van der Waals surface area contributed by atoms with Crippen LogP contribution in [0.1, 0.15) is 30.2 Å². The fraction of sp³-hybridized carbons (Fsp3) is 0.231. The van der Waals surface area contributed by atoms with Crippen molar-refractivity contribution in [2.45, 2.75) is 19.9 Å². The third-order valence-corrected chi connectivity index (χ3v) is 2.59. The molecular weight excluding hydrogens is 200 g/mol. The van der Waals surface area contributed by atoms with Crippen LogP contribution in [0, 0.1) is 0 Å². The van der Waals surface area contributed by atoms with Gasteiger partial charge in [0.15, 0.2) is 6.29 Å². The van der Waals surface area contributed by atoms with Gasteiger partial charge in [0.05, 0.1) is 18.2 Å². The fourth-order valence-corrected chi connectivity index (χ4v) is 1.76. The van der Waals surface area contributed by atoms with E-state index in [-0.39, 0.29) is 0 Å². The molecule has 1 aromatic carbocycles. The molecule has 1 aromatic heterocycles. The SMILES string of the molecule is CC(C)n1cncc1-c1ccccc1C=O. The molecule has 3 nitrogen and oxygen atoms in total. The van der Waals surface area contributed by atoms with Crippen molar-refractivity contribution in [1.82, 2.24) is 9.55 Å². The van der Waals surface area contributed by atoms with Gasteiger partial charge in [-0.2, -0.15) is 0 Å². The summed E-state index contributed by atoms with van der Waals surface area (Å²) in [5.41, 5.74) is 2.62. The van der Waals surface area contributed by atoms with Gasteiger partial charge in [-0.25, -0.2) is 4.98 Å². The van der Waals surface area contributed by atoms with Crippen molar-refractivity contribution < 1.29 is 4.79 Å². The van der Waals surface area contributed by atoms with Gasteiger partial charge in [0.2, 0.25) is 0 Å². The lowest BCUT2D eigenvalue weighted by Crippen LogP contribution is -2.02. The van der Waals surface area contributed by atoms with Crippen molar-refractivity contribution in [3.05, 3.63) is 42.4 Å². The standard InChI is InChI=1S/C13H14N2O/c1-10(2)15-9-14-7-13(15)12-6-4-3-5-11(12)8-16/h3-10H,1-2H3. The van der Waals surface area contributed by atoms with Gasteiger partial charge in [0, 0.05) is 17.2 Å². The second-order valence-electron chi connectivity index (χ2n) is 3.99. The summed E-state index contributed by atoms with van der Waals surface area (Å²) in [7, 11) is 0. The van der Waals surface area contributed by atoms with E-state index in [0.29, 0.717) is 11.6 Å². The van der Waals surface area contributed by atoms with Crippen LogP contribution in [0.15, 0.2) is 36.8 Å². The number of aromatic nitrogens is 2. The number of benzene rings is 1. The average Bonchev–Trinajstić information content (AvgIpc) is 2.77. The molecule has 2 rings (SSSR count). The van der Waals surface area contributed by atoms with Crippen molar-refractivity contribution in [3.63, 3.8) is 0 Å². The highest BCUT2D eigenvalue weighted by atomic mass is 16.1. The van der Waals surface area contributed by atoms with E-state index in [1.54, 1.807) is 12.5 Å². The zero-order valence-electron chi connectivity index (χ0n) is 9.42. The third-order valence-electron chi connectivity index (χ3n) is 2.59. The lowest BCUT2D eigenvalue weighted by molar-refractivity contribution is 0.112. The van der Waals surface area contributed by atoms with Crippen molar-refractivity contribution >= 4 is 6.29 Å². The molecule has 0 N–H and O–H groups in total. The predicted octanol–water partition coefficient (Wildman–Crippen LogP) is 2.94. The molecule has 0 aliphatic carbocycles. The maximum absolute atomic E-state index is 11.0. The van der Waals surface area contributed by atoms with Crippen LogP contribution in [0.5, 0.6) is 0 Å². The summed E-state index contributed by atoms with van der Waals surface area (Å²) < 4.78 is 2.06. The third kappa shape index (κ3) is 1.76. The summed E-state index contributed by atoms with van der Waals surface area (Å²) >= 11 is 0. The normalized spacial score (nSPS) is 10.7. The van der Waals surface area contributed by atoms with Gasteiger partial charge >= 0.3 is 0 Å². The molecule has 0 spiro atoms. The molecule has 0 bridgehead atoms. The monoisotopic (exact) mass is 214 g/mol. The first kappa shape index (κ1) is 10.6. The Labute approximate surface area is 94.7 Å². The first-order chi connectivity index (χ1) is 7.74. The molecular formula is C13H14N2O. The predicted molar refractivity (Wildman–Crippen MR) is 63.4 cm³/mol. The van der Waals surface area contributed by atoms with Crippen molar-refractivity contribution in [3.8, 4) is 11.3 Å².